The summed E-state index contributed by atoms with van der Waals surface area (Å²) in [6.07, 6.45) is 3.96. The van der Waals surface area contributed by atoms with Crippen LogP contribution >= 0.6 is 0 Å². The van der Waals surface area contributed by atoms with Crippen molar-refractivity contribution in [2.75, 3.05) is 7.11 Å². The number of methoxy groups -OCH3 is 1. The first-order valence-electron chi connectivity index (χ1n) is 4.68. The quantitative estimate of drug-likeness (QED) is 0.549. The maximum Gasteiger partial charge on any atom is 0.353 e. The van der Waals surface area contributed by atoms with E-state index in [9.17, 15) is 9.59 Å². The lowest BCUT2D eigenvalue weighted by atomic mass is 10.2. The number of amides is 1. The Kier molecular flexibility index (Phi) is 4.26. The summed E-state index contributed by atoms with van der Waals surface area (Å²) in [6.45, 7) is 3.38. The van der Waals surface area contributed by atoms with Crippen molar-refractivity contribution in [3.63, 3.8) is 0 Å². The van der Waals surface area contributed by atoms with Crippen LogP contribution in [0.3, 0.4) is 0 Å². The van der Waals surface area contributed by atoms with Gasteiger partial charge in [-0.05, 0) is 6.42 Å². The second-order valence-corrected chi connectivity index (χ2v) is 3.10. The Morgan fingerprint density at radius 1 is 1.62 bits per heavy atom. The molecule has 0 aliphatic heterocycles. The summed E-state index contributed by atoms with van der Waals surface area (Å²) < 4.78 is 4.39. The van der Waals surface area contributed by atoms with Gasteiger partial charge < -0.3 is 15.0 Å². The Balaban J connectivity index is 2.31. The average molecular weight is 223 g/mol. The molecule has 1 rings (SSSR count). The van der Waals surface area contributed by atoms with E-state index in [1.54, 1.807) is 12.5 Å². The van der Waals surface area contributed by atoms with Crippen molar-refractivity contribution in [1.29, 1.82) is 0 Å². The van der Waals surface area contributed by atoms with E-state index in [1.165, 1.54) is 7.11 Å². The molecule has 16 heavy (non-hydrogen) atoms. The third-order valence-corrected chi connectivity index (χ3v) is 1.90. The van der Waals surface area contributed by atoms with Crippen molar-refractivity contribution in [1.82, 2.24) is 15.3 Å². The smallest absolute Gasteiger partial charge is 0.353 e. The fraction of sp³-hybridized carbons (Fsp3) is 0.300. The van der Waals surface area contributed by atoms with E-state index in [4.69, 9.17) is 0 Å². The van der Waals surface area contributed by atoms with Crippen LogP contribution in [0.5, 0.6) is 0 Å². The molecule has 6 nitrogen and oxygen atoms in total. The first kappa shape index (κ1) is 12.0. The highest BCUT2D eigenvalue weighted by molar-refractivity contribution is 5.93. The summed E-state index contributed by atoms with van der Waals surface area (Å²) in [5, 5.41) is 2.35. The fourth-order valence-corrected chi connectivity index (χ4v) is 1.07. The van der Waals surface area contributed by atoms with E-state index in [0.29, 0.717) is 6.42 Å². The predicted molar refractivity (Wildman–Crippen MR) is 56.2 cm³/mol. The van der Waals surface area contributed by atoms with Crippen molar-refractivity contribution in [2.24, 2.45) is 0 Å². The Morgan fingerprint density at radius 2 is 2.38 bits per heavy atom. The van der Waals surface area contributed by atoms with Crippen LogP contribution in [0.25, 0.3) is 0 Å². The van der Waals surface area contributed by atoms with E-state index in [2.05, 4.69) is 26.6 Å². The van der Waals surface area contributed by atoms with Crippen LogP contribution in [0.4, 0.5) is 0 Å². The summed E-state index contributed by atoms with van der Waals surface area (Å²) >= 11 is 0. The number of imidazole rings is 1. The second kappa shape index (κ2) is 5.69. The minimum Gasteiger partial charge on any atom is -0.464 e. The molecule has 0 aliphatic carbocycles. The number of aryl methyl sites for hydroxylation is 1. The van der Waals surface area contributed by atoms with Gasteiger partial charge in [0.2, 0.25) is 5.91 Å². The number of rotatable bonds is 5. The molecule has 0 aliphatic rings. The summed E-state index contributed by atoms with van der Waals surface area (Å²) in [5.74, 6) is -0.931. The number of H-pyrrole nitrogens is 1. The molecule has 1 aromatic heterocycles. The van der Waals surface area contributed by atoms with E-state index < -0.39 is 5.97 Å². The van der Waals surface area contributed by atoms with Gasteiger partial charge in [-0.1, -0.05) is 6.58 Å². The molecule has 0 atom stereocenters. The molecule has 0 saturated heterocycles. The summed E-state index contributed by atoms with van der Waals surface area (Å²) in [6, 6.07) is 0. The zero-order valence-corrected chi connectivity index (χ0v) is 8.95. The number of carbonyl (C=O) groups is 2. The van der Waals surface area contributed by atoms with Gasteiger partial charge in [0, 0.05) is 18.3 Å². The van der Waals surface area contributed by atoms with Gasteiger partial charge in [-0.3, -0.25) is 4.79 Å². The number of hydrogen-bond donors (Lipinski definition) is 2. The normalized spacial score (nSPS) is 9.56. The number of carbonyl (C=O) groups excluding carboxylic acids is 2. The van der Waals surface area contributed by atoms with Gasteiger partial charge in [-0.2, -0.15) is 0 Å². The molecular weight excluding hydrogens is 210 g/mol. The SMILES string of the molecule is C=C(NC(=O)CCc1cnc[nH]1)C(=O)OC. The number of aromatic amines is 1. The molecule has 0 radical (unpaired) electrons. The van der Waals surface area contributed by atoms with Gasteiger partial charge in [0.25, 0.3) is 0 Å². The highest BCUT2D eigenvalue weighted by atomic mass is 16.5. The van der Waals surface area contributed by atoms with Crippen LogP contribution in [0, 0.1) is 0 Å². The largest absolute Gasteiger partial charge is 0.464 e. The zero-order valence-electron chi connectivity index (χ0n) is 8.95. The van der Waals surface area contributed by atoms with Crippen LogP contribution < -0.4 is 5.32 Å². The molecule has 86 valence electrons. The fourth-order valence-electron chi connectivity index (χ4n) is 1.07. The molecule has 0 aromatic carbocycles. The van der Waals surface area contributed by atoms with E-state index in [-0.39, 0.29) is 18.0 Å². The van der Waals surface area contributed by atoms with Gasteiger partial charge in [-0.25, -0.2) is 9.78 Å². The van der Waals surface area contributed by atoms with Crippen LogP contribution in [0.15, 0.2) is 24.8 Å². The van der Waals surface area contributed by atoms with E-state index >= 15 is 0 Å². The van der Waals surface area contributed by atoms with Gasteiger partial charge in [0.15, 0.2) is 0 Å². The summed E-state index contributed by atoms with van der Waals surface area (Å²) in [5.41, 5.74) is 0.802. The molecule has 1 aromatic rings. The van der Waals surface area contributed by atoms with Crippen molar-refractivity contribution in [3.8, 4) is 0 Å². The Labute approximate surface area is 92.7 Å². The summed E-state index contributed by atoms with van der Waals surface area (Å²) in [7, 11) is 1.23. The number of aromatic nitrogens is 2. The van der Waals surface area contributed by atoms with E-state index in [0.717, 1.165) is 5.69 Å². The molecule has 0 fully saturated rings. The maximum absolute atomic E-state index is 11.4. The minimum absolute atomic E-state index is 0.0582. The molecule has 0 spiro atoms. The first-order valence-corrected chi connectivity index (χ1v) is 4.68. The number of nitrogens with one attached hydrogen (secondary N) is 2. The predicted octanol–water partition coefficient (Wildman–Crippen LogP) is 0.145. The third kappa shape index (κ3) is 3.56. The van der Waals surface area contributed by atoms with Crippen LogP contribution in [-0.2, 0) is 20.7 Å². The number of hydrogen-bond acceptors (Lipinski definition) is 4. The molecule has 0 bridgehead atoms. The topological polar surface area (TPSA) is 84.1 Å². The van der Waals surface area contributed by atoms with Gasteiger partial charge in [0.05, 0.1) is 13.4 Å². The highest BCUT2D eigenvalue weighted by Gasteiger charge is 2.10. The first-order chi connectivity index (χ1) is 7.63. The van der Waals surface area contributed by atoms with Gasteiger partial charge in [-0.15, -0.1) is 0 Å². The molecule has 1 heterocycles. The standard InChI is InChI=1S/C10H13N3O3/c1-7(10(15)16-2)13-9(14)4-3-8-5-11-6-12-8/h5-6H,1,3-4H2,2H3,(H,11,12)(H,13,14). The van der Waals surface area contributed by atoms with E-state index in [1.807, 2.05) is 0 Å². The van der Waals surface area contributed by atoms with Crippen molar-refractivity contribution >= 4 is 11.9 Å². The lowest BCUT2D eigenvalue weighted by Crippen LogP contribution is -2.27. The maximum atomic E-state index is 11.4. The molecule has 1 amide bonds. The van der Waals surface area contributed by atoms with Gasteiger partial charge >= 0.3 is 5.97 Å². The Hall–Kier alpha value is -2.11. The van der Waals surface area contributed by atoms with Crippen LogP contribution in [-0.4, -0.2) is 29.0 Å². The molecule has 0 unspecified atom stereocenters. The second-order valence-electron chi connectivity index (χ2n) is 3.10. The lowest BCUT2D eigenvalue weighted by Gasteiger charge is -2.05. The lowest BCUT2D eigenvalue weighted by molar-refractivity contribution is -0.137. The van der Waals surface area contributed by atoms with Crippen molar-refractivity contribution in [2.45, 2.75) is 12.8 Å². The Morgan fingerprint density at radius 3 is 2.94 bits per heavy atom. The molecular formula is C10H13N3O3. The number of esters is 1. The monoisotopic (exact) mass is 223 g/mol. The highest BCUT2D eigenvalue weighted by Crippen LogP contribution is 1.98. The van der Waals surface area contributed by atoms with Crippen LogP contribution in [0.1, 0.15) is 12.1 Å². The van der Waals surface area contributed by atoms with Gasteiger partial charge in [0.1, 0.15) is 5.70 Å². The molecule has 6 heteroatoms. The number of nitrogens with zero attached hydrogens (tertiary/aromatic N) is 1. The minimum atomic E-state index is -0.644. The van der Waals surface area contributed by atoms with Crippen molar-refractivity contribution < 1.29 is 14.3 Å². The number of ether oxygens (including phenoxy) is 1. The molecule has 2 N–H and O–H groups in total. The average Bonchev–Trinajstić information content (AvgIpc) is 2.78. The third-order valence-electron chi connectivity index (χ3n) is 1.90. The van der Waals surface area contributed by atoms with Crippen molar-refractivity contribution in [3.05, 3.63) is 30.5 Å². The summed E-state index contributed by atoms with van der Waals surface area (Å²) in [4.78, 5) is 29.0. The van der Waals surface area contributed by atoms with Crippen LogP contribution in [0.2, 0.25) is 0 Å². The molecule has 0 saturated carbocycles. The zero-order chi connectivity index (χ0) is 12.0. The Bertz CT molecular complexity index is 384.